The van der Waals surface area contributed by atoms with E-state index in [0.29, 0.717) is 17.0 Å². The number of nitrogens with one attached hydrogen (secondary N) is 1. The van der Waals surface area contributed by atoms with Crippen LogP contribution in [0.5, 0.6) is 0 Å². The van der Waals surface area contributed by atoms with Crippen LogP contribution in [0.1, 0.15) is 25.7 Å². The van der Waals surface area contributed by atoms with Crippen LogP contribution in [0.4, 0.5) is 0 Å². The van der Waals surface area contributed by atoms with Gasteiger partial charge in [0.2, 0.25) is 5.89 Å². The van der Waals surface area contributed by atoms with E-state index in [1.165, 1.54) is 6.26 Å². The van der Waals surface area contributed by atoms with Crippen LogP contribution in [0.2, 0.25) is 0 Å². The SMILES string of the molecule is CC1(c2nc3cc(S(C)(=O)=O)ccc3o2)CCCNC1. The zero-order valence-electron chi connectivity index (χ0n) is 11.6. The monoisotopic (exact) mass is 294 g/mol. The number of fused-ring (bicyclic) bond motifs is 1. The number of hydrogen-bond donors (Lipinski definition) is 1. The van der Waals surface area contributed by atoms with Crippen LogP contribution in [-0.4, -0.2) is 32.7 Å². The predicted molar refractivity (Wildman–Crippen MR) is 76.6 cm³/mol. The van der Waals surface area contributed by atoms with Crippen LogP contribution < -0.4 is 5.32 Å². The molecule has 1 N–H and O–H groups in total. The van der Waals surface area contributed by atoms with Crippen molar-refractivity contribution in [2.24, 2.45) is 0 Å². The molecule has 108 valence electrons. The fourth-order valence-corrected chi connectivity index (χ4v) is 3.28. The first kappa shape index (κ1) is 13.6. The van der Waals surface area contributed by atoms with Crippen molar-refractivity contribution < 1.29 is 12.8 Å². The molecule has 20 heavy (non-hydrogen) atoms. The number of nitrogens with zero attached hydrogens (tertiary/aromatic N) is 1. The Hall–Kier alpha value is -1.40. The molecule has 1 fully saturated rings. The van der Waals surface area contributed by atoms with Crippen LogP contribution >= 0.6 is 0 Å². The lowest BCUT2D eigenvalue weighted by molar-refractivity contribution is 0.279. The van der Waals surface area contributed by atoms with Gasteiger partial charge >= 0.3 is 0 Å². The molecule has 0 spiro atoms. The number of aromatic nitrogens is 1. The first-order valence-corrected chi connectivity index (χ1v) is 8.59. The van der Waals surface area contributed by atoms with Gasteiger partial charge < -0.3 is 9.73 Å². The van der Waals surface area contributed by atoms with Gasteiger partial charge in [0.25, 0.3) is 0 Å². The Morgan fingerprint density at radius 3 is 2.85 bits per heavy atom. The van der Waals surface area contributed by atoms with Gasteiger partial charge in [0.15, 0.2) is 15.4 Å². The summed E-state index contributed by atoms with van der Waals surface area (Å²) >= 11 is 0. The molecule has 1 saturated heterocycles. The summed E-state index contributed by atoms with van der Waals surface area (Å²) in [4.78, 5) is 4.79. The summed E-state index contributed by atoms with van der Waals surface area (Å²) in [5.74, 6) is 0.686. The van der Waals surface area contributed by atoms with E-state index in [9.17, 15) is 8.42 Å². The molecule has 1 aliphatic heterocycles. The topological polar surface area (TPSA) is 72.2 Å². The van der Waals surface area contributed by atoms with E-state index in [-0.39, 0.29) is 10.3 Å². The van der Waals surface area contributed by atoms with E-state index >= 15 is 0 Å². The molecule has 0 aliphatic carbocycles. The molecule has 1 aromatic carbocycles. The first-order chi connectivity index (χ1) is 9.38. The molecule has 6 heteroatoms. The van der Waals surface area contributed by atoms with Gasteiger partial charge in [-0.3, -0.25) is 0 Å². The molecule has 3 rings (SSSR count). The first-order valence-electron chi connectivity index (χ1n) is 6.70. The highest BCUT2D eigenvalue weighted by Gasteiger charge is 2.33. The average Bonchev–Trinajstić information content (AvgIpc) is 2.82. The highest BCUT2D eigenvalue weighted by Crippen LogP contribution is 2.32. The van der Waals surface area contributed by atoms with E-state index in [2.05, 4.69) is 17.2 Å². The summed E-state index contributed by atoms with van der Waals surface area (Å²) in [6, 6.07) is 4.83. The van der Waals surface area contributed by atoms with Crippen molar-refractivity contribution in [3.05, 3.63) is 24.1 Å². The highest BCUT2D eigenvalue weighted by atomic mass is 32.2. The largest absolute Gasteiger partial charge is 0.440 e. The molecule has 1 unspecified atom stereocenters. The smallest absolute Gasteiger partial charge is 0.202 e. The van der Waals surface area contributed by atoms with Gasteiger partial charge in [-0.25, -0.2) is 13.4 Å². The minimum atomic E-state index is -3.22. The molecule has 1 aromatic heterocycles. The van der Waals surface area contributed by atoms with Gasteiger partial charge in [-0.2, -0.15) is 0 Å². The Morgan fingerprint density at radius 1 is 1.40 bits per heavy atom. The summed E-state index contributed by atoms with van der Waals surface area (Å²) < 4.78 is 29.0. The van der Waals surface area contributed by atoms with Crippen LogP contribution in [-0.2, 0) is 15.3 Å². The van der Waals surface area contributed by atoms with Gasteiger partial charge in [-0.1, -0.05) is 0 Å². The summed E-state index contributed by atoms with van der Waals surface area (Å²) in [5, 5.41) is 3.36. The van der Waals surface area contributed by atoms with Crippen LogP contribution in [0.15, 0.2) is 27.5 Å². The molecule has 1 atom stereocenters. The molecule has 1 aliphatic rings. The Balaban J connectivity index is 2.07. The summed E-state index contributed by atoms with van der Waals surface area (Å²) in [6.07, 6.45) is 3.30. The zero-order chi connectivity index (χ0) is 14.4. The Bertz CT molecular complexity index is 743. The van der Waals surface area contributed by atoms with Crippen molar-refractivity contribution in [2.75, 3.05) is 19.3 Å². The number of oxazole rings is 1. The summed E-state index contributed by atoms with van der Waals surface area (Å²) in [5.41, 5.74) is 1.12. The molecule has 0 radical (unpaired) electrons. The Labute approximate surface area is 118 Å². The van der Waals surface area contributed by atoms with E-state index < -0.39 is 9.84 Å². The summed E-state index contributed by atoms with van der Waals surface area (Å²) in [7, 11) is -3.22. The predicted octanol–water partition coefficient (Wildman–Crippen LogP) is 1.87. The molecule has 2 aromatic rings. The van der Waals surface area contributed by atoms with Crippen molar-refractivity contribution in [1.29, 1.82) is 0 Å². The van der Waals surface area contributed by atoms with Gasteiger partial charge in [-0.15, -0.1) is 0 Å². The second-order valence-corrected chi connectivity index (χ2v) is 7.78. The van der Waals surface area contributed by atoms with Gasteiger partial charge in [0, 0.05) is 12.8 Å². The third kappa shape index (κ3) is 2.33. The number of sulfone groups is 1. The molecular formula is C14H18N2O3S. The van der Waals surface area contributed by atoms with Gasteiger partial charge in [0.1, 0.15) is 5.52 Å². The molecular weight excluding hydrogens is 276 g/mol. The second kappa shape index (κ2) is 4.56. The minimum absolute atomic E-state index is 0.122. The average molecular weight is 294 g/mol. The molecule has 5 nitrogen and oxygen atoms in total. The van der Waals surface area contributed by atoms with E-state index in [0.717, 1.165) is 25.9 Å². The van der Waals surface area contributed by atoms with Crippen LogP contribution in [0.3, 0.4) is 0 Å². The van der Waals surface area contributed by atoms with Crippen LogP contribution in [0.25, 0.3) is 11.1 Å². The molecule has 0 bridgehead atoms. The summed E-state index contributed by atoms with van der Waals surface area (Å²) in [6.45, 7) is 3.98. The van der Waals surface area contributed by atoms with E-state index in [1.807, 2.05) is 0 Å². The molecule has 2 heterocycles. The highest BCUT2D eigenvalue weighted by molar-refractivity contribution is 7.90. The fraction of sp³-hybridized carbons (Fsp3) is 0.500. The van der Waals surface area contributed by atoms with Gasteiger partial charge in [-0.05, 0) is 44.5 Å². The van der Waals surface area contributed by atoms with E-state index in [4.69, 9.17) is 4.42 Å². The lowest BCUT2D eigenvalue weighted by atomic mass is 9.83. The maximum Gasteiger partial charge on any atom is 0.202 e. The van der Waals surface area contributed by atoms with E-state index in [1.54, 1.807) is 18.2 Å². The van der Waals surface area contributed by atoms with Gasteiger partial charge in [0.05, 0.1) is 10.3 Å². The van der Waals surface area contributed by atoms with Crippen molar-refractivity contribution >= 4 is 20.9 Å². The lowest BCUT2D eigenvalue weighted by Crippen LogP contribution is -2.41. The minimum Gasteiger partial charge on any atom is -0.440 e. The third-order valence-electron chi connectivity index (χ3n) is 3.90. The fourth-order valence-electron chi connectivity index (χ4n) is 2.63. The molecule has 0 saturated carbocycles. The van der Waals surface area contributed by atoms with Crippen molar-refractivity contribution in [1.82, 2.24) is 10.3 Å². The Kier molecular flexibility index (Phi) is 3.10. The number of piperidine rings is 1. The second-order valence-electron chi connectivity index (χ2n) is 5.76. The van der Waals surface area contributed by atoms with Crippen molar-refractivity contribution in [2.45, 2.75) is 30.1 Å². The van der Waals surface area contributed by atoms with Crippen LogP contribution in [0, 0.1) is 0 Å². The van der Waals surface area contributed by atoms with Crippen molar-refractivity contribution in [3.63, 3.8) is 0 Å². The maximum absolute atomic E-state index is 11.6. The number of hydrogen-bond acceptors (Lipinski definition) is 5. The third-order valence-corrected chi connectivity index (χ3v) is 5.01. The quantitative estimate of drug-likeness (QED) is 0.915. The maximum atomic E-state index is 11.6. The Morgan fingerprint density at radius 2 is 2.20 bits per heavy atom. The lowest BCUT2D eigenvalue weighted by Gasteiger charge is -2.30. The molecule has 0 amide bonds. The normalized spacial score (nSPS) is 24.1. The zero-order valence-corrected chi connectivity index (χ0v) is 12.5. The standard InChI is InChI=1S/C14H18N2O3S/c1-14(6-3-7-15-9-14)13-16-11-8-10(20(2,17)18)4-5-12(11)19-13/h4-5,8,15H,3,6-7,9H2,1-2H3. The van der Waals surface area contributed by atoms with Crippen molar-refractivity contribution in [3.8, 4) is 0 Å². The number of benzene rings is 1. The number of rotatable bonds is 2.